The Hall–Kier alpha value is -0.160. The van der Waals surface area contributed by atoms with Gasteiger partial charge in [-0.2, -0.15) is 24.6 Å². The van der Waals surface area contributed by atoms with Crippen LogP contribution in [0, 0.1) is 6.92 Å². The van der Waals surface area contributed by atoms with Crippen LogP contribution in [-0.2, 0) is 25.8 Å². The molecule has 0 saturated heterocycles. The van der Waals surface area contributed by atoms with Gasteiger partial charge in [-0.3, -0.25) is 0 Å². The molecule has 204 valence electrons. The molecule has 1 aromatic rings. The molecule has 0 saturated carbocycles. The van der Waals surface area contributed by atoms with E-state index in [4.69, 9.17) is 0 Å². The molecule has 0 bridgehead atoms. The Kier molecular flexibility index (Phi) is 52.6. The molecule has 0 aromatic heterocycles. The largest absolute Gasteiger partial charge is 4.00 e. The van der Waals surface area contributed by atoms with Crippen molar-refractivity contribution in [3.8, 4) is 0 Å². The fourth-order valence-corrected chi connectivity index (χ4v) is 2.43. The molecule has 35 heavy (non-hydrogen) atoms. The van der Waals surface area contributed by atoms with Crippen molar-refractivity contribution in [1.29, 1.82) is 0 Å². The van der Waals surface area contributed by atoms with Crippen LogP contribution in [0.4, 0.5) is 0 Å². The predicted molar refractivity (Wildman–Crippen MR) is 160 cm³/mol. The molecule has 0 unspecified atom stereocenters. The first-order valence-electron chi connectivity index (χ1n) is 14.4. The maximum atomic E-state index is 4.35. The zero-order valence-electron chi connectivity index (χ0n) is 24.7. The van der Waals surface area contributed by atoms with Crippen molar-refractivity contribution in [3.05, 3.63) is 58.8 Å². The van der Waals surface area contributed by atoms with E-state index >= 15 is 0 Å². The summed E-state index contributed by atoms with van der Waals surface area (Å²) in [5, 5.41) is 13.1. The molecule has 1 aromatic carbocycles. The maximum absolute atomic E-state index is 4.35. The first kappa shape index (κ1) is 41.9. The molecular weight excluding hydrogens is 593 g/mol. The summed E-state index contributed by atoms with van der Waals surface area (Å²) in [6.07, 6.45) is 15.2. The Balaban J connectivity index is -0.000000182. The number of benzene rings is 1. The molecular formula is C31H61HfN3. The third-order valence-electron chi connectivity index (χ3n) is 4.86. The summed E-state index contributed by atoms with van der Waals surface area (Å²) in [5.41, 5.74) is 1.07. The second-order valence-corrected chi connectivity index (χ2v) is 8.62. The second kappa shape index (κ2) is 43.9. The van der Waals surface area contributed by atoms with Crippen LogP contribution in [0.2, 0.25) is 0 Å². The minimum atomic E-state index is 0. The van der Waals surface area contributed by atoms with Crippen LogP contribution in [0.25, 0.3) is 16.0 Å². The number of rotatable bonds is 18. The van der Waals surface area contributed by atoms with E-state index in [1.54, 1.807) is 0 Å². The summed E-state index contributed by atoms with van der Waals surface area (Å²) in [5.74, 6) is 0. The van der Waals surface area contributed by atoms with Gasteiger partial charge in [0.25, 0.3) is 0 Å². The van der Waals surface area contributed by atoms with Gasteiger partial charge in [-0.25, -0.2) is 0 Å². The van der Waals surface area contributed by atoms with Crippen LogP contribution in [0.5, 0.6) is 0 Å². The van der Waals surface area contributed by atoms with Crippen molar-refractivity contribution in [3.63, 3.8) is 0 Å². The van der Waals surface area contributed by atoms with Gasteiger partial charge >= 0.3 is 25.8 Å². The van der Waals surface area contributed by atoms with Gasteiger partial charge in [0, 0.05) is 0 Å². The smallest absolute Gasteiger partial charge is 0.662 e. The summed E-state index contributed by atoms with van der Waals surface area (Å²) in [4.78, 5) is 0. The summed E-state index contributed by atoms with van der Waals surface area (Å²) < 4.78 is 0. The average molecular weight is 654 g/mol. The van der Waals surface area contributed by atoms with Gasteiger partial charge in [-0.1, -0.05) is 125 Å². The molecule has 0 fully saturated rings. The molecule has 3 nitrogen and oxygen atoms in total. The van der Waals surface area contributed by atoms with Gasteiger partial charge < -0.3 is 16.0 Å². The zero-order valence-corrected chi connectivity index (χ0v) is 28.3. The average Bonchev–Trinajstić information content (AvgIpc) is 2.86. The number of unbranched alkanes of at least 4 members (excludes halogenated alkanes) is 6. The van der Waals surface area contributed by atoms with Gasteiger partial charge in [0.2, 0.25) is 0 Å². The maximum Gasteiger partial charge on any atom is 4.00 e. The van der Waals surface area contributed by atoms with Crippen molar-refractivity contribution in [2.24, 2.45) is 0 Å². The number of hydrogen-bond acceptors (Lipinski definition) is 0. The van der Waals surface area contributed by atoms with E-state index in [9.17, 15) is 0 Å². The van der Waals surface area contributed by atoms with Crippen molar-refractivity contribution >= 4 is 0 Å². The van der Waals surface area contributed by atoms with Gasteiger partial charge in [0.05, 0.1) is 0 Å². The van der Waals surface area contributed by atoms with Gasteiger partial charge in [-0.15, -0.1) is 51.4 Å². The molecule has 0 heterocycles. The summed E-state index contributed by atoms with van der Waals surface area (Å²) >= 11 is 0. The van der Waals surface area contributed by atoms with E-state index < -0.39 is 0 Å². The van der Waals surface area contributed by atoms with Gasteiger partial charge in [-0.05, 0) is 0 Å². The molecule has 0 aliphatic rings. The summed E-state index contributed by atoms with van der Waals surface area (Å²) in [7, 11) is 0. The third kappa shape index (κ3) is 51.4. The summed E-state index contributed by atoms with van der Waals surface area (Å²) in [6.45, 7) is 23.4. The Bertz CT molecular complexity index is 364. The molecule has 0 spiro atoms. The van der Waals surface area contributed by atoms with Crippen molar-refractivity contribution in [2.75, 3.05) is 39.3 Å². The Morgan fingerprint density at radius 2 is 0.686 bits per heavy atom. The Labute approximate surface area is 241 Å². The monoisotopic (exact) mass is 655 g/mol. The van der Waals surface area contributed by atoms with Gasteiger partial charge in [0.15, 0.2) is 0 Å². The normalized spacial score (nSPS) is 9.43. The van der Waals surface area contributed by atoms with Crippen LogP contribution in [0.3, 0.4) is 0 Å². The van der Waals surface area contributed by atoms with Crippen molar-refractivity contribution in [1.82, 2.24) is 0 Å². The van der Waals surface area contributed by atoms with Crippen LogP contribution >= 0.6 is 0 Å². The van der Waals surface area contributed by atoms with E-state index in [1.165, 1.54) is 77.0 Å². The number of hydrogen-bond donors (Lipinski definition) is 0. The van der Waals surface area contributed by atoms with Crippen molar-refractivity contribution in [2.45, 2.75) is 119 Å². The van der Waals surface area contributed by atoms with E-state index in [0.29, 0.717) is 0 Å². The predicted octanol–water partition coefficient (Wildman–Crippen LogP) is 10.7. The molecule has 0 aliphatic heterocycles. The fraction of sp³-hybridized carbons (Fsp3) is 0.774. The molecule has 0 radical (unpaired) electrons. The molecule has 4 heteroatoms. The first-order chi connectivity index (χ1) is 16.6. The molecule has 0 amide bonds. The van der Waals surface area contributed by atoms with Crippen LogP contribution in [0.1, 0.15) is 124 Å². The summed E-state index contributed by atoms with van der Waals surface area (Å²) in [6, 6.07) is 9.87. The topological polar surface area (TPSA) is 42.3 Å². The third-order valence-corrected chi connectivity index (χ3v) is 4.86. The fourth-order valence-electron chi connectivity index (χ4n) is 2.43. The van der Waals surface area contributed by atoms with Gasteiger partial charge in [0.1, 0.15) is 0 Å². The Morgan fingerprint density at radius 3 is 0.829 bits per heavy atom. The molecule has 0 aliphatic carbocycles. The molecule has 0 N–H and O–H groups in total. The molecule has 1 rings (SSSR count). The molecule has 0 atom stereocenters. The Morgan fingerprint density at radius 1 is 0.457 bits per heavy atom. The quantitative estimate of drug-likeness (QED) is 0.0859. The second-order valence-electron chi connectivity index (χ2n) is 8.62. The zero-order chi connectivity index (χ0) is 26.0. The van der Waals surface area contributed by atoms with E-state index in [-0.39, 0.29) is 25.8 Å². The SMILES string of the molecule is CCCC[N-]CCCC.CCCC[N-]CCCC.CCCC[N-]CCCC.[CH2-]c1ccccc1.[Hf+4]. The first-order valence-corrected chi connectivity index (χ1v) is 14.4. The van der Waals surface area contributed by atoms with Crippen LogP contribution in [0.15, 0.2) is 30.3 Å². The number of nitrogens with zero attached hydrogens (tertiary/aromatic N) is 3. The van der Waals surface area contributed by atoms with E-state index in [0.717, 1.165) is 44.8 Å². The van der Waals surface area contributed by atoms with Crippen LogP contribution in [-0.4, -0.2) is 39.3 Å². The van der Waals surface area contributed by atoms with E-state index in [1.807, 2.05) is 30.3 Å². The van der Waals surface area contributed by atoms with E-state index in [2.05, 4.69) is 64.4 Å². The minimum absolute atomic E-state index is 0. The van der Waals surface area contributed by atoms with Crippen molar-refractivity contribution < 1.29 is 25.8 Å². The minimum Gasteiger partial charge on any atom is -0.662 e. The standard InChI is InChI=1S/3C8H18N.C7H7.Hf/c3*1-3-5-7-9-8-6-4-2;1-7-5-3-2-4-6-7;/h3*3-8H2,1-2H3;2-6H,1H2;/q4*-1;+4. The van der Waals surface area contributed by atoms with Crippen LogP contribution < -0.4 is 0 Å².